The van der Waals surface area contributed by atoms with Crippen molar-refractivity contribution in [2.24, 2.45) is 0 Å². The molecule has 0 aliphatic heterocycles. The number of aliphatic hydroxyl groups is 3. The molecule has 7 heteroatoms. The smallest absolute Gasteiger partial charge is 0.165 e. The Balaban J connectivity index is 3.98. The van der Waals surface area contributed by atoms with Gasteiger partial charge in [-0.15, -0.1) is 0 Å². The van der Waals surface area contributed by atoms with Crippen LogP contribution in [0.15, 0.2) is 0 Å². The molecule has 0 amide bonds. The minimum Gasteiger partial charge on any atom is -0.392 e. The molecule has 0 heterocycles. The number of hydrogen-bond acceptors (Lipinski definition) is 3. The number of hydrogen-bond donors (Lipinski definition) is 3. The Morgan fingerprint density at radius 3 is 1.79 bits per heavy atom. The summed E-state index contributed by atoms with van der Waals surface area (Å²) in [4.78, 5) is -0.734. The van der Waals surface area contributed by atoms with Gasteiger partial charge in [0, 0.05) is 10.2 Å². The second kappa shape index (κ2) is 7.97. The minimum atomic E-state index is -1.44. The molecule has 0 aliphatic carbocycles. The monoisotopic (exact) mass is 460 g/mol. The Bertz CT molecular complexity index is 158. The van der Waals surface area contributed by atoms with E-state index in [0.717, 1.165) is 0 Å². The number of rotatable bonds is 6. The van der Waals surface area contributed by atoms with Gasteiger partial charge in [-0.3, -0.25) is 0 Å². The summed E-state index contributed by atoms with van der Waals surface area (Å²) in [5, 5.41) is 28.0. The van der Waals surface area contributed by atoms with E-state index in [2.05, 4.69) is 63.7 Å². The van der Waals surface area contributed by atoms with Crippen LogP contribution >= 0.6 is 63.7 Å². The van der Waals surface area contributed by atoms with Crippen LogP contribution in [0.25, 0.3) is 0 Å². The van der Waals surface area contributed by atoms with Crippen molar-refractivity contribution in [2.45, 2.75) is 33.3 Å². The molecule has 0 saturated heterocycles. The average molecular weight is 464 g/mol. The lowest BCUT2D eigenvalue weighted by molar-refractivity contribution is -0.0398. The van der Waals surface area contributed by atoms with E-state index in [-0.39, 0.29) is 9.65 Å². The molecular weight excluding hydrogens is 452 g/mol. The van der Waals surface area contributed by atoms with Gasteiger partial charge in [0.2, 0.25) is 0 Å². The SMILES string of the molecule is OC(O)C(Br)C(Br)CC(O)C(Br)CBr. The first-order valence-corrected chi connectivity index (χ1v) is 7.79. The highest BCUT2D eigenvalue weighted by Crippen LogP contribution is 2.24. The van der Waals surface area contributed by atoms with E-state index in [9.17, 15) is 5.11 Å². The van der Waals surface area contributed by atoms with Gasteiger partial charge in [-0.2, -0.15) is 0 Å². The maximum Gasteiger partial charge on any atom is 0.165 e. The van der Waals surface area contributed by atoms with Crippen LogP contribution in [0, 0.1) is 0 Å². The molecule has 0 fully saturated rings. The van der Waals surface area contributed by atoms with E-state index in [1.807, 2.05) is 0 Å². The zero-order valence-corrected chi connectivity index (χ0v) is 13.5. The molecule has 86 valence electrons. The predicted octanol–water partition coefficient (Wildman–Crippen LogP) is 1.73. The molecule has 0 aromatic rings. The molecule has 0 aliphatic rings. The Labute approximate surface area is 117 Å². The summed E-state index contributed by atoms with van der Waals surface area (Å²) in [5.74, 6) is 0. The molecule has 0 rings (SSSR count). The molecule has 3 N–H and O–H groups in total. The van der Waals surface area contributed by atoms with E-state index in [1.165, 1.54) is 0 Å². The van der Waals surface area contributed by atoms with Crippen LogP contribution < -0.4 is 0 Å². The van der Waals surface area contributed by atoms with Gasteiger partial charge in [0.05, 0.1) is 15.8 Å². The fourth-order valence-corrected chi connectivity index (χ4v) is 2.32. The van der Waals surface area contributed by atoms with Crippen LogP contribution in [0.4, 0.5) is 0 Å². The van der Waals surface area contributed by atoms with Crippen LogP contribution in [-0.4, -0.2) is 47.5 Å². The summed E-state index contributed by atoms with van der Waals surface area (Å²) in [6.45, 7) is 0. The summed E-state index contributed by atoms with van der Waals surface area (Å²) in [7, 11) is 0. The van der Waals surface area contributed by atoms with E-state index >= 15 is 0 Å². The first-order chi connectivity index (χ1) is 6.40. The van der Waals surface area contributed by atoms with Gasteiger partial charge in [-0.1, -0.05) is 63.7 Å². The second-order valence-corrected chi connectivity index (χ2v) is 6.90. The predicted molar refractivity (Wildman–Crippen MR) is 70.8 cm³/mol. The van der Waals surface area contributed by atoms with Crippen molar-refractivity contribution in [3.8, 4) is 0 Å². The molecule has 0 aromatic carbocycles. The van der Waals surface area contributed by atoms with Crippen molar-refractivity contribution >= 4 is 63.7 Å². The van der Waals surface area contributed by atoms with Crippen molar-refractivity contribution in [3.63, 3.8) is 0 Å². The first kappa shape index (κ1) is 15.8. The summed E-state index contributed by atoms with van der Waals surface area (Å²) >= 11 is 12.9. The molecule has 4 unspecified atom stereocenters. The van der Waals surface area contributed by atoms with Gasteiger partial charge < -0.3 is 15.3 Å². The van der Waals surface area contributed by atoms with Gasteiger partial charge >= 0.3 is 0 Å². The van der Waals surface area contributed by atoms with Gasteiger partial charge in [0.15, 0.2) is 6.29 Å². The van der Waals surface area contributed by atoms with Crippen molar-refractivity contribution in [1.29, 1.82) is 0 Å². The summed E-state index contributed by atoms with van der Waals surface area (Å²) in [6.07, 6.45) is -1.56. The van der Waals surface area contributed by atoms with E-state index in [1.54, 1.807) is 0 Å². The summed E-state index contributed by atoms with van der Waals surface area (Å²) < 4.78 is 0. The van der Waals surface area contributed by atoms with Crippen molar-refractivity contribution in [1.82, 2.24) is 0 Å². The highest BCUT2D eigenvalue weighted by atomic mass is 79.9. The topological polar surface area (TPSA) is 60.7 Å². The lowest BCUT2D eigenvalue weighted by Crippen LogP contribution is -2.33. The molecule has 4 atom stereocenters. The molecule has 0 saturated carbocycles. The molecule has 0 spiro atoms. The zero-order valence-electron chi connectivity index (χ0n) is 7.15. The van der Waals surface area contributed by atoms with E-state index in [0.29, 0.717) is 11.8 Å². The molecule has 0 aromatic heterocycles. The van der Waals surface area contributed by atoms with E-state index < -0.39 is 17.2 Å². The minimum absolute atomic E-state index is 0.0434. The lowest BCUT2D eigenvalue weighted by Gasteiger charge is -2.22. The molecule has 3 nitrogen and oxygen atoms in total. The quantitative estimate of drug-likeness (QED) is 0.415. The zero-order chi connectivity index (χ0) is 11.3. The van der Waals surface area contributed by atoms with Crippen LogP contribution in [0.3, 0.4) is 0 Å². The fourth-order valence-electron chi connectivity index (χ4n) is 0.798. The number of alkyl halides is 4. The van der Waals surface area contributed by atoms with Crippen LogP contribution in [0.5, 0.6) is 0 Å². The van der Waals surface area contributed by atoms with Gasteiger partial charge in [0.25, 0.3) is 0 Å². The second-order valence-electron chi connectivity index (χ2n) is 2.85. The Kier molecular flexibility index (Phi) is 9.00. The maximum atomic E-state index is 9.63. The normalized spacial score (nSPS) is 20.6. The summed E-state index contributed by atoms with van der Waals surface area (Å²) in [5.41, 5.74) is 0. The van der Waals surface area contributed by atoms with Crippen molar-refractivity contribution in [2.75, 3.05) is 5.33 Å². The van der Waals surface area contributed by atoms with Gasteiger partial charge in [0.1, 0.15) is 0 Å². The largest absolute Gasteiger partial charge is 0.392 e. The molecule has 14 heavy (non-hydrogen) atoms. The summed E-state index contributed by atoms with van der Waals surface area (Å²) in [6, 6.07) is 0. The number of aliphatic hydroxyl groups excluding tert-OH is 2. The third-order valence-corrected chi connectivity index (χ3v) is 6.93. The van der Waals surface area contributed by atoms with Crippen molar-refractivity contribution in [3.05, 3.63) is 0 Å². The van der Waals surface area contributed by atoms with Gasteiger partial charge in [-0.25, -0.2) is 0 Å². The first-order valence-electron chi connectivity index (χ1n) is 3.92. The van der Waals surface area contributed by atoms with Crippen LogP contribution in [0.2, 0.25) is 0 Å². The van der Waals surface area contributed by atoms with Crippen LogP contribution in [0.1, 0.15) is 6.42 Å². The lowest BCUT2D eigenvalue weighted by atomic mass is 10.1. The standard InChI is InChI=1S/C7H12Br4O3/c8-2-4(10)5(12)1-3(9)6(11)7(13)14/h3-7,12-14H,1-2H2. The Morgan fingerprint density at radius 2 is 1.43 bits per heavy atom. The fraction of sp³-hybridized carbons (Fsp3) is 1.00. The third kappa shape index (κ3) is 5.77. The molecule has 0 radical (unpaired) electrons. The van der Waals surface area contributed by atoms with E-state index in [4.69, 9.17) is 10.2 Å². The van der Waals surface area contributed by atoms with Crippen LogP contribution in [-0.2, 0) is 0 Å². The maximum absolute atomic E-state index is 9.63. The average Bonchev–Trinajstić information content (AvgIpc) is 2.14. The Morgan fingerprint density at radius 1 is 0.929 bits per heavy atom. The van der Waals surface area contributed by atoms with Crippen molar-refractivity contribution < 1.29 is 15.3 Å². The third-order valence-electron chi connectivity index (χ3n) is 1.66. The number of halogens is 4. The molecule has 0 bridgehead atoms. The highest BCUT2D eigenvalue weighted by Gasteiger charge is 2.26. The highest BCUT2D eigenvalue weighted by molar-refractivity contribution is 9.12. The van der Waals surface area contributed by atoms with Gasteiger partial charge in [-0.05, 0) is 6.42 Å². The Hall–Kier alpha value is 1.80. The molecular formula is C7H12Br4O3.